The van der Waals surface area contributed by atoms with Crippen LogP contribution in [0, 0.1) is 5.92 Å². The molecule has 5 nitrogen and oxygen atoms in total. The van der Waals surface area contributed by atoms with Gasteiger partial charge in [0.2, 0.25) is 0 Å². The van der Waals surface area contributed by atoms with Crippen molar-refractivity contribution in [2.45, 2.75) is 26.4 Å². The Balaban J connectivity index is 1.75. The maximum absolute atomic E-state index is 12.1. The Hall–Kier alpha value is -2.66. The minimum Gasteiger partial charge on any atom is -0.349 e. The monoisotopic (exact) mass is 366 g/mol. The van der Waals surface area contributed by atoms with Crippen molar-refractivity contribution in [1.82, 2.24) is 0 Å². The molecule has 2 aromatic carbocycles. The number of hydrogen-bond acceptors (Lipinski definition) is 4. The molecule has 0 aromatic heterocycles. The molecule has 3 rings (SSSR count). The van der Waals surface area contributed by atoms with Gasteiger partial charge in [-0.1, -0.05) is 56.3 Å². The van der Waals surface area contributed by atoms with Crippen LogP contribution in [-0.2, 0) is 9.59 Å². The molecule has 0 spiro atoms. The number of benzene rings is 2. The van der Waals surface area contributed by atoms with Gasteiger partial charge >= 0.3 is 5.91 Å². The van der Waals surface area contributed by atoms with Gasteiger partial charge in [-0.05, 0) is 24.1 Å². The summed E-state index contributed by atoms with van der Waals surface area (Å²) >= 11 is 0. The van der Waals surface area contributed by atoms with Crippen LogP contribution < -0.4 is 15.1 Å². The molecule has 1 aliphatic rings. The SMILES string of the molecule is CC[C@H](C)C(=O)C(=O)[NH2+]CCN1c2ccccc2N(C)C1c1ccccc1. The van der Waals surface area contributed by atoms with E-state index in [0.717, 1.165) is 5.69 Å². The highest BCUT2D eigenvalue weighted by molar-refractivity contribution is 6.32. The van der Waals surface area contributed by atoms with E-state index >= 15 is 0 Å². The lowest BCUT2D eigenvalue weighted by molar-refractivity contribution is -0.561. The van der Waals surface area contributed by atoms with E-state index in [1.165, 1.54) is 11.3 Å². The molecule has 2 atom stereocenters. The van der Waals surface area contributed by atoms with Crippen LogP contribution in [0.15, 0.2) is 54.6 Å². The molecule has 5 heteroatoms. The number of carbonyl (C=O) groups is 2. The molecule has 0 radical (unpaired) electrons. The third kappa shape index (κ3) is 3.88. The Morgan fingerprint density at radius 3 is 2.33 bits per heavy atom. The zero-order valence-electron chi connectivity index (χ0n) is 16.3. The average Bonchev–Trinajstić information content (AvgIpc) is 2.99. The number of amides is 1. The van der Waals surface area contributed by atoms with E-state index in [1.54, 1.807) is 5.32 Å². The van der Waals surface area contributed by atoms with Gasteiger partial charge in [-0.3, -0.25) is 10.1 Å². The Morgan fingerprint density at radius 1 is 1.04 bits per heavy atom. The molecular formula is C22H28N3O2+. The number of quaternary nitrogens is 1. The normalized spacial score (nSPS) is 16.9. The molecule has 1 unspecified atom stereocenters. The summed E-state index contributed by atoms with van der Waals surface area (Å²) < 4.78 is 0. The van der Waals surface area contributed by atoms with Crippen LogP contribution in [0.2, 0.25) is 0 Å². The van der Waals surface area contributed by atoms with Gasteiger partial charge in [0.1, 0.15) is 12.7 Å². The van der Waals surface area contributed by atoms with Crippen LogP contribution in [0.5, 0.6) is 0 Å². The predicted molar refractivity (Wildman–Crippen MR) is 108 cm³/mol. The second-order valence-electron chi connectivity index (χ2n) is 7.11. The summed E-state index contributed by atoms with van der Waals surface area (Å²) in [5.74, 6) is -0.845. The summed E-state index contributed by atoms with van der Waals surface area (Å²) in [5, 5.41) is 1.55. The van der Waals surface area contributed by atoms with Gasteiger partial charge in [0, 0.05) is 13.0 Å². The zero-order chi connectivity index (χ0) is 19.4. The van der Waals surface area contributed by atoms with Crippen LogP contribution in [0.25, 0.3) is 0 Å². The summed E-state index contributed by atoms with van der Waals surface area (Å²) in [5.41, 5.74) is 3.54. The standard InChI is InChI=1S/C22H27N3O2/c1-4-16(2)20(26)21(27)23-14-15-25-19-13-9-8-12-18(19)24(3)22(25)17-10-6-5-7-11-17/h5-13,16,22H,4,14-15H2,1-3H3,(H,23,27)/p+1/t16-,22?/m0/s1. The van der Waals surface area contributed by atoms with Crippen LogP contribution in [0.1, 0.15) is 32.0 Å². The first-order valence-electron chi connectivity index (χ1n) is 9.59. The van der Waals surface area contributed by atoms with Crippen molar-refractivity contribution in [3.8, 4) is 0 Å². The lowest BCUT2D eigenvalue weighted by atomic mass is 10.0. The van der Waals surface area contributed by atoms with E-state index in [9.17, 15) is 9.59 Å². The fourth-order valence-corrected chi connectivity index (χ4v) is 3.61. The van der Waals surface area contributed by atoms with Crippen LogP contribution >= 0.6 is 0 Å². The number of nitrogens with two attached hydrogens (primary N) is 1. The van der Waals surface area contributed by atoms with Crippen LogP contribution in [0.3, 0.4) is 0 Å². The highest BCUT2D eigenvalue weighted by Crippen LogP contribution is 2.44. The van der Waals surface area contributed by atoms with Gasteiger partial charge in [0.15, 0.2) is 0 Å². The van der Waals surface area contributed by atoms with E-state index in [2.05, 4.69) is 41.1 Å². The number of ketones is 1. The molecule has 1 aliphatic heterocycles. The molecule has 0 aliphatic carbocycles. The predicted octanol–water partition coefficient (Wildman–Crippen LogP) is 2.35. The highest BCUT2D eigenvalue weighted by atomic mass is 16.2. The largest absolute Gasteiger partial charge is 0.378 e. The van der Waals surface area contributed by atoms with Crippen molar-refractivity contribution in [2.75, 3.05) is 29.9 Å². The van der Waals surface area contributed by atoms with Gasteiger partial charge in [0.25, 0.3) is 5.78 Å². The van der Waals surface area contributed by atoms with E-state index in [1.807, 2.05) is 44.2 Å². The van der Waals surface area contributed by atoms with Crippen molar-refractivity contribution in [2.24, 2.45) is 5.92 Å². The second-order valence-corrected chi connectivity index (χ2v) is 7.11. The third-order valence-electron chi connectivity index (χ3n) is 5.33. The molecule has 1 heterocycles. The van der Waals surface area contributed by atoms with Gasteiger partial charge < -0.3 is 9.80 Å². The Bertz CT molecular complexity index is 806. The fraction of sp³-hybridized carbons (Fsp3) is 0.364. The van der Waals surface area contributed by atoms with Crippen molar-refractivity contribution >= 4 is 23.1 Å². The van der Waals surface area contributed by atoms with Crippen LogP contribution in [0.4, 0.5) is 11.4 Å². The molecule has 0 fully saturated rings. The molecule has 1 amide bonds. The minimum atomic E-state index is -0.360. The summed E-state index contributed by atoms with van der Waals surface area (Å²) in [6, 6.07) is 18.7. The van der Waals surface area contributed by atoms with E-state index < -0.39 is 0 Å². The quantitative estimate of drug-likeness (QED) is 0.764. The number of carbonyl (C=O) groups excluding carboxylic acids is 2. The maximum Gasteiger partial charge on any atom is 0.378 e. The minimum absolute atomic E-state index is 0.0809. The summed E-state index contributed by atoms with van der Waals surface area (Å²) in [7, 11) is 2.10. The number of nitrogens with zero attached hydrogens (tertiary/aromatic N) is 2. The molecule has 2 aromatic rings. The van der Waals surface area contributed by atoms with E-state index in [4.69, 9.17) is 0 Å². The average molecular weight is 366 g/mol. The first kappa shape index (κ1) is 19.1. The smallest absolute Gasteiger partial charge is 0.349 e. The Morgan fingerprint density at radius 2 is 1.67 bits per heavy atom. The number of fused-ring (bicyclic) bond motifs is 1. The number of hydrogen-bond donors (Lipinski definition) is 1. The first-order chi connectivity index (χ1) is 13.0. The summed E-state index contributed by atoms with van der Waals surface area (Å²) in [4.78, 5) is 28.7. The number of anilines is 2. The lowest BCUT2D eigenvalue weighted by Gasteiger charge is -2.30. The molecule has 142 valence electrons. The van der Waals surface area contributed by atoms with E-state index in [0.29, 0.717) is 19.5 Å². The van der Waals surface area contributed by atoms with Crippen LogP contribution in [-0.4, -0.2) is 31.8 Å². The lowest BCUT2D eigenvalue weighted by Crippen LogP contribution is -2.91. The van der Waals surface area contributed by atoms with Gasteiger partial charge in [-0.25, -0.2) is 4.79 Å². The van der Waals surface area contributed by atoms with Gasteiger partial charge in [-0.2, -0.15) is 0 Å². The second kappa shape index (κ2) is 8.35. The van der Waals surface area contributed by atoms with Crippen molar-refractivity contribution < 1.29 is 14.9 Å². The topological polar surface area (TPSA) is 57.2 Å². The number of rotatable bonds is 7. The molecule has 0 saturated heterocycles. The Labute approximate surface area is 161 Å². The first-order valence-corrected chi connectivity index (χ1v) is 9.59. The highest BCUT2D eigenvalue weighted by Gasteiger charge is 2.34. The summed E-state index contributed by atoms with van der Waals surface area (Å²) in [6.07, 6.45) is 0.774. The zero-order valence-corrected chi connectivity index (χ0v) is 16.3. The maximum atomic E-state index is 12.1. The number of para-hydroxylation sites is 2. The third-order valence-corrected chi connectivity index (χ3v) is 5.33. The van der Waals surface area contributed by atoms with E-state index in [-0.39, 0.29) is 23.8 Å². The number of primary amides is 1. The molecular weight excluding hydrogens is 338 g/mol. The van der Waals surface area contributed by atoms with Crippen molar-refractivity contribution in [1.29, 1.82) is 0 Å². The molecule has 0 bridgehead atoms. The van der Waals surface area contributed by atoms with Crippen molar-refractivity contribution in [3.05, 3.63) is 60.2 Å². The fourth-order valence-electron chi connectivity index (χ4n) is 3.61. The Kier molecular flexibility index (Phi) is 5.91. The van der Waals surface area contributed by atoms with Crippen molar-refractivity contribution in [3.63, 3.8) is 0 Å². The van der Waals surface area contributed by atoms with Gasteiger partial charge in [-0.15, -0.1) is 0 Å². The molecule has 0 saturated carbocycles. The number of Topliss-reactive ketones (excluding diaryl/α,β-unsaturated/α-hetero) is 1. The van der Waals surface area contributed by atoms with Gasteiger partial charge in [0.05, 0.1) is 17.9 Å². The molecule has 2 N–H and O–H groups in total. The molecule has 27 heavy (non-hydrogen) atoms. The summed E-state index contributed by atoms with van der Waals surface area (Å²) in [6.45, 7) is 4.97.